The molecule has 0 aliphatic carbocycles. The van der Waals surface area contributed by atoms with Gasteiger partial charge in [0, 0.05) is 17.8 Å². The lowest BCUT2D eigenvalue weighted by atomic mass is 10.1. The van der Waals surface area contributed by atoms with Crippen LogP contribution < -0.4 is 10.1 Å². The molecule has 1 amide bonds. The highest BCUT2D eigenvalue weighted by atomic mass is 32.2. The lowest BCUT2D eigenvalue weighted by Crippen LogP contribution is -2.23. The second-order valence-corrected chi connectivity index (χ2v) is 8.10. The lowest BCUT2D eigenvalue weighted by Gasteiger charge is -2.15. The minimum atomic E-state index is -0.313. The molecule has 1 atom stereocenters. The maximum atomic E-state index is 12.8. The van der Waals surface area contributed by atoms with Crippen molar-refractivity contribution >= 4 is 23.4 Å². The summed E-state index contributed by atoms with van der Waals surface area (Å²) in [6, 6.07) is 13.7. The van der Waals surface area contributed by atoms with Gasteiger partial charge >= 0.3 is 0 Å². The average molecular weight is 411 g/mol. The van der Waals surface area contributed by atoms with Crippen LogP contribution in [0.3, 0.4) is 0 Å². The average Bonchev–Trinajstić information content (AvgIpc) is 3.13. The fourth-order valence-electron chi connectivity index (χ4n) is 3.06. The van der Waals surface area contributed by atoms with Gasteiger partial charge in [0.2, 0.25) is 5.91 Å². The first-order valence-corrected chi connectivity index (χ1v) is 10.4. The van der Waals surface area contributed by atoms with E-state index in [-0.39, 0.29) is 11.2 Å². The van der Waals surface area contributed by atoms with Crippen LogP contribution in [0.5, 0.6) is 5.75 Å². The van der Waals surface area contributed by atoms with E-state index in [0.29, 0.717) is 6.54 Å². The van der Waals surface area contributed by atoms with E-state index in [9.17, 15) is 4.79 Å². The van der Waals surface area contributed by atoms with Crippen LogP contribution in [0.2, 0.25) is 0 Å². The number of carbonyl (C=O) groups excluding carboxylic acids is 1. The van der Waals surface area contributed by atoms with Crippen LogP contribution in [0, 0.1) is 13.8 Å². The van der Waals surface area contributed by atoms with Gasteiger partial charge < -0.3 is 14.6 Å². The molecule has 0 saturated carbocycles. The Bertz CT molecular complexity index is 978. The van der Waals surface area contributed by atoms with Crippen molar-refractivity contribution in [2.45, 2.75) is 44.6 Å². The largest absolute Gasteiger partial charge is 0.497 e. The van der Waals surface area contributed by atoms with Crippen LogP contribution in [0.25, 0.3) is 11.4 Å². The van der Waals surface area contributed by atoms with Crippen molar-refractivity contribution in [3.63, 3.8) is 0 Å². The molecule has 0 aliphatic rings. The second-order valence-electron chi connectivity index (χ2n) is 6.80. The third-order valence-electron chi connectivity index (χ3n) is 4.76. The number of hydrogen-bond donors (Lipinski definition) is 1. The fourth-order valence-corrected chi connectivity index (χ4v) is 3.98. The number of thioether (sulfide) groups is 1. The van der Waals surface area contributed by atoms with Crippen molar-refractivity contribution in [3.8, 4) is 17.1 Å². The van der Waals surface area contributed by atoms with Crippen molar-refractivity contribution in [2.75, 3.05) is 12.4 Å². The van der Waals surface area contributed by atoms with E-state index in [0.717, 1.165) is 39.1 Å². The highest BCUT2D eigenvalue weighted by molar-refractivity contribution is 8.00. The van der Waals surface area contributed by atoms with Crippen LogP contribution in [-0.2, 0) is 11.3 Å². The number of aromatic nitrogens is 3. The second kappa shape index (κ2) is 9.13. The van der Waals surface area contributed by atoms with E-state index in [1.807, 2.05) is 74.7 Å². The summed E-state index contributed by atoms with van der Waals surface area (Å²) in [5.74, 6) is 1.52. The summed E-state index contributed by atoms with van der Waals surface area (Å²) in [6.45, 7) is 8.63. The number of amides is 1. The minimum Gasteiger partial charge on any atom is -0.497 e. The van der Waals surface area contributed by atoms with Crippen molar-refractivity contribution < 1.29 is 9.53 Å². The zero-order valence-corrected chi connectivity index (χ0v) is 18.2. The van der Waals surface area contributed by atoms with E-state index in [4.69, 9.17) is 4.74 Å². The summed E-state index contributed by atoms with van der Waals surface area (Å²) in [4.78, 5) is 12.8. The van der Waals surface area contributed by atoms with Crippen molar-refractivity contribution in [1.29, 1.82) is 0 Å². The molecule has 6 nitrogen and oxygen atoms in total. The van der Waals surface area contributed by atoms with Crippen LogP contribution in [-0.4, -0.2) is 33.0 Å². The summed E-state index contributed by atoms with van der Waals surface area (Å²) >= 11 is 1.41. The van der Waals surface area contributed by atoms with Crippen molar-refractivity contribution in [2.24, 2.45) is 0 Å². The maximum Gasteiger partial charge on any atom is 0.237 e. The van der Waals surface area contributed by atoms with Crippen LogP contribution in [0.15, 0.2) is 47.6 Å². The van der Waals surface area contributed by atoms with Gasteiger partial charge in [0.05, 0.1) is 12.4 Å². The van der Waals surface area contributed by atoms with E-state index in [2.05, 4.69) is 15.5 Å². The predicted molar refractivity (Wildman–Crippen MR) is 118 cm³/mol. The zero-order valence-electron chi connectivity index (χ0n) is 17.4. The molecule has 1 aromatic heterocycles. The summed E-state index contributed by atoms with van der Waals surface area (Å²) in [5, 5.41) is 12.2. The quantitative estimate of drug-likeness (QED) is 0.571. The molecule has 1 heterocycles. The number of benzene rings is 2. The molecule has 0 unspecified atom stereocenters. The van der Waals surface area contributed by atoms with Gasteiger partial charge in [-0.3, -0.25) is 4.79 Å². The number of anilines is 1. The number of hydrogen-bond acceptors (Lipinski definition) is 5. The first-order valence-electron chi connectivity index (χ1n) is 9.56. The van der Waals surface area contributed by atoms with Crippen LogP contribution in [0.1, 0.15) is 25.0 Å². The topological polar surface area (TPSA) is 69.0 Å². The third kappa shape index (κ3) is 4.62. The smallest absolute Gasteiger partial charge is 0.237 e. The number of aryl methyl sites for hydroxylation is 2. The lowest BCUT2D eigenvalue weighted by molar-refractivity contribution is -0.115. The molecule has 3 rings (SSSR count). The molecule has 0 bridgehead atoms. The number of methoxy groups -OCH3 is 1. The summed E-state index contributed by atoms with van der Waals surface area (Å²) < 4.78 is 7.24. The molecule has 0 saturated heterocycles. The Morgan fingerprint density at radius 3 is 2.38 bits per heavy atom. The van der Waals surface area contributed by atoms with Crippen molar-refractivity contribution in [1.82, 2.24) is 14.8 Å². The molecule has 0 radical (unpaired) electrons. The van der Waals surface area contributed by atoms with E-state index in [1.165, 1.54) is 11.8 Å². The van der Waals surface area contributed by atoms with Gasteiger partial charge in [0.1, 0.15) is 5.75 Å². The molecule has 29 heavy (non-hydrogen) atoms. The van der Waals surface area contributed by atoms with Gasteiger partial charge in [0.25, 0.3) is 0 Å². The van der Waals surface area contributed by atoms with Gasteiger partial charge in [-0.1, -0.05) is 30.0 Å². The molecule has 152 valence electrons. The third-order valence-corrected chi connectivity index (χ3v) is 5.84. The van der Waals surface area contributed by atoms with E-state index < -0.39 is 0 Å². The van der Waals surface area contributed by atoms with E-state index in [1.54, 1.807) is 7.11 Å². The van der Waals surface area contributed by atoms with Crippen LogP contribution in [0.4, 0.5) is 5.69 Å². The fraction of sp³-hybridized carbons (Fsp3) is 0.318. The molecule has 2 aromatic carbocycles. The first kappa shape index (κ1) is 20.9. The molecule has 0 spiro atoms. The monoisotopic (exact) mass is 410 g/mol. The molecular weight excluding hydrogens is 384 g/mol. The number of carbonyl (C=O) groups is 1. The van der Waals surface area contributed by atoms with Crippen molar-refractivity contribution in [3.05, 3.63) is 53.6 Å². The number of rotatable bonds is 7. The predicted octanol–water partition coefficient (Wildman–Crippen LogP) is 4.71. The van der Waals surface area contributed by atoms with Gasteiger partial charge in [-0.2, -0.15) is 0 Å². The summed E-state index contributed by atoms with van der Waals surface area (Å²) in [5.41, 5.74) is 3.93. The highest BCUT2D eigenvalue weighted by Crippen LogP contribution is 2.29. The van der Waals surface area contributed by atoms with E-state index >= 15 is 0 Å². The number of ether oxygens (including phenoxy) is 1. The molecular formula is C22H26N4O2S. The minimum absolute atomic E-state index is 0.0518. The van der Waals surface area contributed by atoms with Gasteiger partial charge in [-0.15, -0.1) is 10.2 Å². The Hall–Kier alpha value is -2.80. The summed E-state index contributed by atoms with van der Waals surface area (Å²) in [7, 11) is 1.64. The Morgan fingerprint density at radius 2 is 1.79 bits per heavy atom. The number of nitrogens with zero attached hydrogens (tertiary/aromatic N) is 3. The summed E-state index contributed by atoms with van der Waals surface area (Å²) in [6.07, 6.45) is 0. The molecule has 3 aromatic rings. The molecule has 0 aliphatic heterocycles. The standard InChI is InChI=1S/C22H26N4O2S/c1-6-26-20(17-10-12-18(28-5)13-11-17)24-25-22(26)29-16(4)21(27)23-19-14(2)8-7-9-15(19)3/h7-13,16H,6H2,1-5H3,(H,23,27)/t16-/m0/s1. The van der Waals surface area contributed by atoms with Gasteiger partial charge in [-0.25, -0.2) is 0 Å². The number of para-hydroxylation sites is 1. The Balaban J connectivity index is 1.77. The van der Waals surface area contributed by atoms with Gasteiger partial charge in [-0.05, 0) is 63.1 Å². The number of nitrogens with one attached hydrogen (secondary N) is 1. The SMILES string of the molecule is CCn1c(S[C@@H](C)C(=O)Nc2c(C)cccc2C)nnc1-c1ccc(OC)cc1. The van der Waals surface area contributed by atoms with Crippen LogP contribution >= 0.6 is 11.8 Å². The Kier molecular flexibility index (Phi) is 6.59. The molecule has 7 heteroatoms. The van der Waals surface area contributed by atoms with Gasteiger partial charge in [0.15, 0.2) is 11.0 Å². The first-order chi connectivity index (χ1) is 13.9. The normalized spacial score (nSPS) is 11.9. The molecule has 0 fully saturated rings. The molecule has 1 N–H and O–H groups in total. The maximum absolute atomic E-state index is 12.8. The highest BCUT2D eigenvalue weighted by Gasteiger charge is 2.21. The Morgan fingerprint density at radius 1 is 1.14 bits per heavy atom. The zero-order chi connectivity index (χ0) is 21.0. The Labute approximate surface area is 175 Å².